The van der Waals surface area contributed by atoms with Crippen molar-refractivity contribution in [2.45, 2.75) is 58.5 Å². The number of rotatable bonds is 3. The molecule has 0 amide bonds. The van der Waals surface area contributed by atoms with Crippen LogP contribution in [0.25, 0.3) is 0 Å². The summed E-state index contributed by atoms with van der Waals surface area (Å²) in [5, 5.41) is 0. The lowest BCUT2D eigenvalue weighted by atomic mass is 10.1. The zero-order valence-electron chi connectivity index (χ0n) is 9.79. The Kier molecular flexibility index (Phi) is 3.10. The summed E-state index contributed by atoms with van der Waals surface area (Å²) in [6.07, 6.45) is 5.51. The van der Waals surface area contributed by atoms with E-state index < -0.39 is 0 Å². The molecule has 84 valence electrons. The highest BCUT2D eigenvalue weighted by Crippen LogP contribution is 2.20. The Morgan fingerprint density at radius 2 is 2.27 bits per heavy atom. The lowest BCUT2D eigenvalue weighted by Crippen LogP contribution is -2.32. The van der Waals surface area contributed by atoms with E-state index in [0.29, 0.717) is 6.04 Å². The molecule has 15 heavy (non-hydrogen) atoms. The summed E-state index contributed by atoms with van der Waals surface area (Å²) in [7, 11) is 0. The molecule has 0 saturated carbocycles. The van der Waals surface area contributed by atoms with E-state index in [4.69, 9.17) is 10.7 Å². The van der Waals surface area contributed by atoms with E-state index in [1.54, 1.807) is 0 Å². The number of hydrogen-bond acceptors (Lipinski definition) is 2. The van der Waals surface area contributed by atoms with Gasteiger partial charge in [-0.25, -0.2) is 4.98 Å². The van der Waals surface area contributed by atoms with Crippen LogP contribution in [0.4, 0.5) is 0 Å². The summed E-state index contributed by atoms with van der Waals surface area (Å²) in [4.78, 5) is 4.75. The zero-order chi connectivity index (χ0) is 10.8. The van der Waals surface area contributed by atoms with Crippen LogP contribution in [0, 0.1) is 0 Å². The van der Waals surface area contributed by atoms with Crippen LogP contribution in [0.3, 0.4) is 0 Å². The summed E-state index contributed by atoms with van der Waals surface area (Å²) in [6, 6.07) is 0.325. The van der Waals surface area contributed by atoms with Crippen LogP contribution >= 0.6 is 0 Å². The molecule has 2 heterocycles. The molecule has 3 nitrogen and oxygen atoms in total. The van der Waals surface area contributed by atoms with Crippen LogP contribution in [0.5, 0.6) is 0 Å². The van der Waals surface area contributed by atoms with Crippen LogP contribution in [0.15, 0.2) is 0 Å². The largest absolute Gasteiger partial charge is 0.330 e. The van der Waals surface area contributed by atoms with Crippen molar-refractivity contribution in [3.63, 3.8) is 0 Å². The summed E-state index contributed by atoms with van der Waals surface area (Å²) in [6.45, 7) is 5.39. The van der Waals surface area contributed by atoms with Crippen LogP contribution < -0.4 is 5.73 Å². The first-order chi connectivity index (χ1) is 7.26. The van der Waals surface area contributed by atoms with Crippen molar-refractivity contribution in [2.24, 2.45) is 5.73 Å². The highest BCUT2D eigenvalue weighted by molar-refractivity contribution is 5.19. The molecule has 1 aliphatic heterocycles. The molecule has 1 aromatic rings. The molecule has 0 aliphatic carbocycles. The van der Waals surface area contributed by atoms with E-state index in [1.807, 2.05) is 0 Å². The Bertz CT molecular complexity index is 341. The van der Waals surface area contributed by atoms with Crippen molar-refractivity contribution in [2.75, 3.05) is 0 Å². The molecule has 0 aromatic carbocycles. The van der Waals surface area contributed by atoms with Gasteiger partial charge in [-0.15, -0.1) is 0 Å². The molecule has 3 heteroatoms. The number of nitrogens with two attached hydrogens (primary N) is 1. The fourth-order valence-electron chi connectivity index (χ4n) is 2.47. The third-order valence-corrected chi connectivity index (χ3v) is 3.21. The van der Waals surface area contributed by atoms with Gasteiger partial charge in [-0.3, -0.25) is 0 Å². The Labute approximate surface area is 91.7 Å². The highest BCUT2D eigenvalue weighted by atomic mass is 15.1. The summed E-state index contributed by atoms with van der Waals surface area (Å²) >= 11 is 0. The fourth-order valence-corrected chi connectivity index (χ4v) is 2.47. The SMILES string of the molecule is CCCc1nc2n(c1CC)CC(N)CC2. The lowest BCUT2D eigenvalue weighted by molar-refractivity contribution is 0.445. The summed E-state index contributed by atoms with van der Waals surface area (Å²) in [5.74, 6) is 1.26. The first-order valence-electron chi connectivity index (χ1n) is 6.09. The minimum Gasteiger partial charge on any atom is -0.330 e. The molecule has 2 N–H and O–H groups in total. The van der Waals surface area contributed by atoms with E-state index in [2.05, 4.69) is 18.4 Å². The second-order valence-electron chi connectivity index (χ2n) is 4.43. The minimum absolute atomic E-state index is 0.325. The quantitative estimate of drug-likeness (QED) is 0.819. The molecular weight excluding hydrogens is 186 g/mol. The van der Waals surface area contributed by atoms with Crippen molar-refractivity contribution >= 4 is 0 Å². The van der Waals surface area contributed by atoms with Crippen LogP contribution in [0.1, 0.15) is 43.9 Å². The topological polar surface area (TPSA) is 43.8 Å². The number of aromatic nitrogens is 2. The minimum atomic E-state index is 0.325. The average molecular weight is 207 g/mol. The van der Waals surface area contributed by atoms with Gasteiger partial charge < -0.3 is 10.3 Å². The number of fused-ring (bicyclic) bond motifs is 1. The molecule has 1 aliphatic rings. The van der Waals surface area contributed by atoms with E-state index in [-0.39, 0.29) is 0 Å². The second kappa shape index (κ2) is 4.35. The fraction of sp³-hybridized carbons (Fsp3) is 0.750. The number of nitrogens with zero attached hydrogens (tertiary/aromatic N) is 2. The molecule has 0 spiro atoms. The van der Waals surface area contributed by atoms with E-state index in [1.165, 1.54) is 23.6 Å². The maximum atomic E-state index is 6.01. The van der Waals surface area contributed by atoms with E-state index >= 15 is 0 Å². The van der Waals surface area contributed by atoms with Gasteiger partial charge in [0.05, 0.1) is 5.69 Å². The summed E-state index contributed by atoms with van der Waals surface area (Å²) in [5.41, 5.74) is 8.74. The molecule has 2 rings (SSSR count). The van der Waals surface area contributed by atoms with Gasteiger partial charge >= 0.3 is 0 Å². The van der Waals surface area contributed by atoms with Gasteiger partial charge in [-0.05, 0) is 19.3 Å². The van der Waals surface area contributed by atoms with Gasteiger partial charge in [0, 0.05) is 24.7 Å². The molecule has 1 atom stereocenters. The van der Waals surface area contributed by atoms with Crippen LogP contribution in [0.2, 0.25) is 0 Å². The Balaban J connectivity index is 2.35. The Morgan fingerprint density at radius 1 is 1.47 bits per heavy atom. The maximum absolute atomic E-state index is 6.01. The zero-order valence-corrected chi connectivity index (χ0v) is 9.79. The molecule has 0 radical (unpaired) electrons. The number of imidazole rings is 1. The Hall–Kier alpha value is -0.830. The van der Waals surface area contributed by atoms with Crippen molar-refractivity contribution < 1.29 is 0 Å². The van der Waals surface area contributed by atoms with Crippen molar-refractivity contribution in [3.8, 4) is 0 Å². The predicted octanol–water partition coefficient (Wildman–Crippen LogP) is 1.67. The van der Waals surface area contributed by atoms with Crippen molar-refractivity contribution in [3.05, 3.63) is 17.2 Å². The molecule has 1 unspecified atom stereocenters. The van der Waals surface area contributed by atoms with E-state index in [9.17, 15) is 0 Å². The lowest BCUT2D eigenvalue weighted by Gasteiger charge is -2.21. The summed E-state index contributed by atoms with van der Waals surface area (Å²) < 4.78 is 2.36. The van der Waals surface area contributed by atoms with Gasteiger partial charge in [-0.1, -0.05) is 20.3 Å². The normalized spacial score (nSPS) is 20.3. The van der Waals surface area contributed by atoms with Crippen molar-refractivity contribution in [1.82, 2.24) is 9.55 Å². The first kappa shape index (κ1) is 10.7. The first-order valence-corrected chi connectivity index (χ1v) is 6.09. The van der Waals surface area contributed by atoms with Gasteiger partial charge in [-0.2, -0.15) is 0 Å². The van der Waals surface area contributed by atoms with Crippen LogP contribution in [-0.2, 0) is 25.8 Å². The smallest absolute Gasteiger partial charge is 0.109 e. The third kappa shape index (κ3) is 1.93. The maximum Gasteiger partial charge on any atom is 0.109 e. The van der Waals surface area contributed by atoms with Gasteiger partial charge in [0.15, 0.2) is 0 Å². The standard InChI is InChI=1S/C12H21N3/c1-3-5-10-11(4-2)15-8-9(13)6-7-12(15)14-10/h9H,3-8,13H2,1-2H3. The molecule has 1 aromatic heterocycles. The average Bonchev–Trinajstić information content (AvgIpc) is 2.55. The second-order valence-corrected chi connectivity index (χ2v) is 4.43. The number of hydrogen-bond donors (Lipinski definition) is 1. The molecular formula is C12H21N3. The van der Waals surface area contributed by atoms with Crippen molar-refractivity contribution in [1.29, 1.82) is 0 Å². The highest BCUT2D eigenvalue weighted by Gasteiger charge is 2.21. The van der Waals surface area contributed by atoms with Gasteiger partial charge in [0.1, 0.15) is 5.82 Å². The molecule has 0 saturated heterocycles. The predicted molar refractivity (Wildman–Crippen MR) is 61.9 cm³/mol. The monoisotopic (exact) mass is 207 g/mol. The van der Waals surface area contributed by atoms with Gasteiger partial charge in [0.2, 0.25) is 0 Å². The van der Waals surface area contributed by atoms with Crippen LogP contribution in [-0.4, -0.2) is 15.6 Å². The van der Waals surface area contributed by atoms with E-state index in [0.717, 1.165) is 32.2 Å². The molecule has 0 bridgehead atoms. The van der Waals surface area contributed by atoms with Gasteiger partial charge in [0.25, 0.3) is 0 Å². The Morgan fingerprint density at radius 3 is 2.93 bits per heavy atom. The number of aryl methyl sites for hydroxylation is 2. The molecule has 0 fully saturated rings. The third-order valence-electron chi connectivity index (χ3n) is 3.21.